The zero-order valence-electron chi connectivity index (χ0n) is 21.6. The molecule has 0 aromatic heterocycles. The smallest absolute Gasteiger partial charge is 0.161 e. The van der Waals surface area contributed by atoms with Crippen LogP contribution in [0.15, 0.2) is 53.5 Å². The molecule has 0 N–H and O–H groups in total. The summed E-state index contributed by atoms with van der Waals surface area (Å²) in [5.74, 6) is 1.63. The van der Waals surface area contributed by atoms with Gasteiger partial charge in [-0.2, -0.15) is 0 Å². The van der Waals surface area contributed by atoms with Crippen molar-refractivity contribution >= 4 is 16.9 Å². The van der Waals surface area contributed by atoms with E-state index < -0.39 is 0 Å². The minimum atomic E-state index is -0.312. The van der Waals surface area contributed by atoms with Gasteiger partial charge in [0.25, 0.3) is 0 Å². The lowest BCUT2D eigenvalue weighted by Gasteiger charge is -2.43. The van der Waals surface area contributed by atoms with E-state index in [1.807, 2.05) is 67.5 Å². The number of rotatable bonds is 11. The van der Waals surface area contributed by atoms with Crippen molar-refractivity contribution in [1.82, 2.24) is 4.90 Å². The molecule has 5 atom stereocenters. The fraction of sp³-hybridized carbons (Fsp3) is 0.519. The number of amidine groups is 1. The van der Waals surface area contributed by atoms with Crippen LogP contribution < -0.4 is 9.47 Å². The van der Waals surface area contributed by atoms with Crippen LogP contribution in [-0.4, -0.2) is 81.9 Å². The quantitative estimate of drug-likeness (QED) is 0.444. The highest BCUT2D eigenvalue weighted by molar-refractivity contribution is 8.14. The number of methoxy groups -OCH3 is 3. The summed E-state index contributed by atoms with van der Waals surface area (Å²) in [6, 6.07) is 15.6. The maximum atomic E-state index is 6.59. The van der Waals surface area contributed by atoms with Gasteiger partial charge in [-0.25, -0.2) is 0 Å². The second-order valence-electron chi connectivity index (χ2n) is 8.99. The van der Waals surface area contributed by atoms with Crippen LogP contribution in [0.1, 0.15) is 17.5 Å². The number of hydrogen-bond acceptors (Lipinski definition) is 9. The van der Waals surface area contributed by atoms with Crippen LogP contribution in [0, 0.1) is 0 Å². The standard InChI is InChI=1S/C27H36N2O6S/c1-29(2)27-28-23-25(34-17-19-8-12-21(32-5)13-9-19)24(22(14-15-30-3)35-26(23)36-27)33-16-18-6-10-20(31-4)11-7-18/h6-13,22-26H,14-17H2,1-5H3/t22-,23-,24+,25-,26-/m1/s1. The predicted octanol–water partition coefficient (Wildman–Crippen LogP) is 3.97. The SMILES string of the molecule is COCC[C@H]1O[C@@H]2SC(N(C)C)=N[C@@H]2[C@@H](OCc2ccc(OC)cc2)[C@H]1OCc1ccc(OC)cc1. The largest absolute Gasteiger partial charge is 0.497 e. The zero-order valence-corrected chi connectivity index (χ0v) is 22.4. The summed E-state index contributed by atoms with van der Waals surface area (Å²) in [7, 11) is 9.02. The van der Waals surface area contributed by atoms with Gasteiger partial charge in [0.05, 0.1) is 33.5 Å². The van der Waals surface area contributed by atoms with E-state index in [0.717, 1.165) is 27.8 Å². The first kappa shape index (κ1) is 26.8. The normalized spacial score (nSPS) is 25.2. The van der Waals surface area contributed by atoms with Gasteiger partial charge in [-0.3, -0.25) is 4.99 Å². The maximum absolute atomic E-state index is 6.59. The Balaban J connectivity index is 1.56. The van der Waals surface area contributed by atoms with Crippen LogP contribution in [0.5, 0.6) is 11.5 Å². The molecule has 9 heteroatoms. The number of ether oxygens (including phenoxy) is 6. The summed E-state index contributed by atoms with van der Waals surface area (Å²) in [6.07, 6.45) is -0.0779. The van der Waals surface area contributed by atoms with Gasteiger partial charge in [-0.15, -0.1) is 0 Å². The highest BCUT2D eigenvalue weighted by atomic mass is 32.2. The van der Waals surface area contributed by atoms with E-state index in [4.69, 9.17) is 33.4 Å². The molecule has 36 heavy (non-hydrogen) atoms. The van der Waals surface area contributed by atoms with E-state index >= 15 is 0 Å². The van der Waals surface area contributed by atoms with Crippen molar-refractivity contribution in [1.29, 1.82) is 0 Å². The maximum Gasteiger partial charge on any atom is 0.161 e. The lowest BCUT2D eigenvalue weighted by atomic mass is 9.95. The average Bonchev–Trinajstić information content (AvgIpc) is 3.34. The topological polar surface area (TPSA) is 71.0 Å². The molecule has 0 unspecified atom stereocenters. The van der Waals surface area contributed by atoms with Gasteiger partial charge in [0.15, 0.2) is 5.17 Å². The second kappa shape index (κ2) is 12.8. The van der Waals surface area contributed by atoms with Gasteiger partial charge in [0, 0.05) is 27.8 Å². The van der Waals surface area contributed by atoms with Crippen molar-refractivity contribution in [2.75, 3.05) is 42.0 Å². The van der Waals surface area contributed by atoms with Crippen LogP contribution in [0.2, 0.25) is 0 Å². The Morgan fingerprint density at radius 1 is 0.833 bits per heavy atom. The molecule has 196 valence electrons. The summed E-state index contributed by atoms with van der Waals surface area (Å²) in [5, 5.41) is 0.935. The third-order valence-electron chi connectivity index (χ3n) is 6.29. The molecule has 0 amide bonds. The molecule has 2 aliphatic heterocycles. The highest BCUT2D eigenvalue weighted by Gasteiger charge is 2.50. The average molecular weight is 517 g/mol. The van der Waals surface area contributed by atoms with E-state index in [9.17, 15) is 0 Å². The summed E-state index contributed by atoms with van der Waals surface area (Å²) in [4.78, 5) is 7.00. The van der Waals surface area contributed by atoms with Gasteiger partial charge in [-0.05, 0) is 41.8 Å². The lowest BCUT2D eigenvalue weighted by molar-refractivity contribution is -0.200. The van der Waals surface area contributed by atoms with E-state index in [2.05, 4.69) is 0 Å². The zero-order chi connectivity index (χ0) is 25.5. The van der Waals surface area contributed by atoms with Gasteiger partial charge >= 0.3 is 0 Å². The Kier molecular flexibility index (Phi) is 9.50. The number of fused-ring (bicyclic) bond motifs is 1. The number of aliphatic imine (C=N–C) groups is 1. The van der Waals surface area contributed by atoms with Crippen LogP contribution in [0.4, 0.5) is 0 Å². The monoisotopic (exact) mass is 516 g/mol. The minimum Gasteiger partial charge on any atom is -0.497 e. The first-order valence-corrected chi connectivity index (χ1v) is 13.0. The summed E-state index contributed by atoms with van der Waals surface area (Å²) in [5.41, 5.74) is 1.98. The van der Waals surface area contributed by atoms with Gasteiger partial charge < -0.3 is 33.3 Å². The third kappa shape index (κ3) is 6.52. The first-order chi connectivity index (χ1) is 17.5. The molecule has 0 aliphatic carbocycles. The Morgan fingerprint density at radius 3 is 1.89 bits per heavy atom. The molecule has 4 rings (SSSR count). The molecule has 1 saturated heterocycles. The fourth-order valence-electron chi connectivity index (χ4n) is 4.30. The molecule has 8 nitrogen and oxygen atoms in total. The molecule has 2 heterocycles. The Hall–Kier alpha value is -2.30. The van der Waals surface area contributed by atoms with Gasteiger partial charge in [-0.1, -0.05) is 36.0 Å². The molecule has 2 aromatic carbocycles. The lowest BCUT2D eigenvalue weighted by Crippen LogP contribution is -2.57. The van der Waals surface area contributed by atoms with Crippen molar-refractivity contribution in [3.63, 3.8) is 0 Å². The summed E-state index contributed by atoms with van der Waals surface area (Å²) >= 11 is 1.64. The number of benzene rings is 2. The van der Waals surface area contributed by atoms with E-state index in [-0.39, 0.29) is 29.8 Å². The van der Waals surface area contributed by atoms with Crippen LogP contribution in [0.25, 0.3) is 0 Å². The van der Waals surface area contributed by atoms with Crippen molar-refractivity contribution in [2.24, 2.45) is 4.99 Å². The predicted molar refractivity (Wildman–Crippen MR) is 141 cm³/mol. The van der Waals surface area contributed by atoms with E-state index in [0.29, 0.717) is 26.2 Å². The summed E-state index contributed by atoms with van der Waals surface area (Å²) in [6.45, 7) is 1.44. The van der Waals surface area contributed by atoms with Crippen molar-refractivity contribution in [2.45, 2.75) is 49.4 Å². The highest BCUT2D eigenvalue weighted by Crippen LogP contribution is 2.40. The van der Waals surface area contributed by atoms with Crippen LogP contribution in [0.3, 0.4) is 0 Å². The number of nitrogens with zero attached hydrogens (tertiary/aromatic N) is 2. The van der Waals surface area contributed by atoms with E-state index in [1.165, 1.54) is 0 Å². The Bertz CT molecular complexity index is 985. The van der Waals surface area contributed by atoms with Crippen molar-refractivity contribution in [3.05, 3.63) is 59.7 Å². The number of thioether (sulfide) groups is 1. The first-order valence-electron chi connectivity index (χ1n) is 12.1. The van der Waals surface area contributed by atoms with Crippen molar-refractivity contribution < 1.29 is 28.4 Å². The van der Waals surface area contributed by atoms with Crippen LogP contribution in [-0.2, 0) is 32.2 Å². The number of hydrogen-bond donors (Lipinski definition) is 0. The Labute approximate surface area is 217 Å². The van der Waals surface area contributed by atoms with Crippen molar-refractivity contribution in [3.8, 4) is 11.5 Å². The molecule has 0 spiro atoms. The van der Waals surface area contributed by atoms with E-state index in [1.54, 1.807) is 33.1 Å². The molecule has 2 aliphatic rings. The van der Waals surface area contributed by atoms with Crippen LogP contribution >= 0.6 is 11.8 Å². The van der Waals surface area contributed by atoms with Gasteiger partial charge in [0.1, 0.15) is 35.2 Å². The Morgan fingerprint density at radius 2 is 1.39 bits per heavy atom. The molecular weight excluding hydrogens is 480 g/mol. The molecule has 1 fully saturated rings. The minimum absolute atomic E-state index is 0.133. The fourth-order valence-corrected chi connectivity index (χ4v) is 5.45. The molecule has 0 radical (unpaired) electrons. The third-order valence-corrected chi connectivity index (χ3v) is 7.59. The molecule has 0 saturated carbocycles. The van der Waals surface area contributed by atoms with Gasteiger partial charge in [0.2, 0.25) is 0 Å². The molecule has 0 bridgehead atoms. The summed E-state index contributed by atoms with van der Waals surface area (Å²) < 4.78 is 35.6. The molecule has 2 aromatic rings. The second-order valence-corrected chi connectivity index (χ2v) is 10.1. The molecular formula is C27H36N2O6S.